The fourth-order valence-corrected chi connectivity index (χ4v) is 4.78. The van der Waals surface area contributed by atoms with Crippen molar-refractivity contribution in [3.05, 3.63) is 94.0 Å². The van der Waals surface area contributed by atoms with Crippen molar-refractivity contribution in [2.24, 2.45) is 0 Å². The number of nitrogens with zero attached hydrogens (tertiary/aromatic N) is 1. The Morgan fingerprint density at radius 1 is 0.861 bits per heavy atom. The van der Waals surface area contributed by atoms with Crippen LogP contribution in [0.15, 0.2) is 72.8 Å². The first-order chi connectivity index (χ1) is 17.2. The number of carbonyl (C=O) groups is 3. The van der Waals surface area contributed by atoms with Gasteiger partial charge in [-0.1, -0.05) is 47.5 Å². The van der Waals surface area contributed by atoms with Gasteiger partial charge in [0.15, 0.2) is 0 Å². The van der Waals surface area contributed by atoms with Crippen LogP contribution in [-0.2, 0) is 19.1 Å². The van der Waals surface area contributed by atoms with Crippen molar-refractivity contribution >= 4 is 46.7 Å². The summed E-state index contributed by atoms with van der Waals surface area (Å²) in [6.07, 6.45) is 0.603. The number of rotatable bonds is 8. The van der Waals surface area contributed by atoms with Crippen LogP contribution >= 0.6 is 23.2 Å². The molecule has 0 aliphatic carbocycles. The van der Waals surface area contributed by atoms with Gasteiger partial charge in [0, 0.05) is 29.6 Å². The Balaban J connectivity index is 1.60. The first-order valence-corrected chi connectivity index (χ1v) is 12.3. The summed E-state index contributed by atoms with van der Waals surface area (Å²) in [5.74, 6) is -0.810. The second-order valence-electron chi connectivity index (χ2n) is 8.62. The van der Waals surface area contributed by atoms with Crippen LogP contribution < -0.4 is 9.64 Å². The molecule has 3 atom stereocenters. The number of carbonyl (C=O) groups excluding carboxylic acids is 3. The van der Waals surface area contributed by atoms with Crippen molar-refractivity contribution in [3.63, 3.8) is 0 Å². The van der Waals surface area contributed by atoms with Crippen LogP contribution in [-0.4, -0.2) is 23.9 Å². The van der Waals surface area contributed by atoms with Crippen molar-refractivity contribution in [3.8, 4) is 5.75 Å². The average molecular weight is 526 g/mol. The van der Waals surface area contributed by atoms with Gasteiger partial charge in [-0.05, 0) is 72.5 Å². The number of amides is 1. The van der Waals surface area contributed by atoms with Crippen LogP contribution in [0.4, 0.5) is 5.69 Å². The highest BCUT2D eigenvalue weighted by Gasteiger charge is 2.48. The molecule has 1 aliphatic rings. The predicted molar refractivity (Wildman–Crippen MR) is 138 cm³/mol. The normalized spacial score (nSPS) is 17.8. The lowest BCUT2D eigenvalue weighted by molar-refractivity contribution is -0.147. The largest absolute Gasteiger partial charge is 0.458 e. The topological polar surface area (TPSA) is 72.9 Å². The lowest BCUT2D eigenvalue weighted by atomic mass is 9.78. The summed E-state index contributed by atoms with van der Waals surface area (Å²) < 4.78 is 10.7. The maximum absolute atomic E-state index is 13.4. The average Bonchev–Trinajstić information content (AvgIpc) is 2.83. The number of anilines is 1. The highest BCUT2D eigenvalue weighted by Crippen LogP contribution is 2.43. The zero-order valence-electron chi connectivity index (χ0n) is 19.8. The third-order valence-corrected chi connectivity index (χ3v) is 6.60. The molecule has 1 fully saturated rings. The van der Waals surface area contributed by atoms with E-state index in [0.717, 1.165) is 16.8 Å². The molecule has 0 saturated carbocycles. The molecule has 0 unspecified atom stereocenters. The Bertz CT molecular complexity index is 1240. The third kappa shape index (κ3) is 5.89. The van der Waals surface area contributed by atoms with Crippen LogP contribution in [0.5, 0.6) is 5.75 Å². The van der Waals surface area contributed by atoms with Crippen molar-refractivity contribution in [2.75, 3.05) is 4.90 Å². The summed E-state index contributed by atoms with van der Waals surface area (Å²) in [5, 5.41) is 1.18. The van der Waals surface area contributed by atoms with Gasteiger partial charge in [-0.15, -0.1) is 0 Å². The summed E-state index contributed by atoms with van der Waals surface area (Å²) in [6, 6.07) is 21.1. The smallest absolute Gasteiger partial charge is 0.308 e. The Morgan fingerprint density at radius 3 is 2.00 bits per heavy atom. The SMILES string of the molecule is CC(=O)Oc1ccc([C@H]2C(=O)N(c3ccc(Cl)cc3)[C@H]2CC[C@H](OC(C)=O)c2ccc(Cl)cc2)cc1. The van der Waals surface area contributed by atoms with E-state index >= 15 is 0 Å². The zero-order chi connectivity index (χ0) is 25.8. The Morgan fingerprint density at radius 2 is 1.44 bits per heavy atom. The second-order valence-corrected chi connectivity index (χ2v) is 9.49. The van der Waals surface area contributed by atoms with Gasteiger partial charge in [-0.3, -0.25) is 14.4 Å². The van der Waals surface area contributed by atoms with Gasteiger partial charge in [-0.2, -0.15) is 0 Å². The van der Waals surface area contributed by atoms with Gasteiger partial charge in [0.05, 0.1) is 12.0 Å². The summed E-state index contributed by atoms with van der Waals surface area (Å²) in [5.41, 5.74) is 2.40. The molecule has 0 bridgehead atoms. The molecule has 8 heteroatoms. The van der Waals surface area contributed by atoms with Gasteiger partial charge in [-0.25, -0.2) is 0 Å². The van der Waals surface area contributed by atoms with E-state index in [1.807, 2.05) is 24.3 Å². The Hall–Kier alpha value is -3.35. The summed E-state index contributed by atoms with van der Waals surface area (Å²) in [7, 11) is 0. The highest BCUT2D eigenvalue weighted by molar-refractivity contribution is 6.30. The zero-order valence-corrected chi connectivity index (χ0v) is 21.3. The second kappa shape index (κ2) is 11.1. The molecule has 0 N–H and O–H groups in total. The van der Waals surface area contributed by atoms with E-state index in [0.29, 0.717) is 28.6 Å². The first-order valence-electron chi connectivity index (χ1n) is 11.5. The minimum absolute atomic E-state index is 0.0434. The van der Waals surface area contributed by atoms with Gasteiger partial charge < -0.3 is 14.4 Å². The molecule has 186 valence electrons. The quantitative estimate of drug-likeness (QED) is 0.190. The summed E-state index contributed by atoms with van der Waals surface area (Å²) in [6.45, 7) is 2.72. The Kier molecular flexibility index (Phi) is 7.97. The molecule has 4 rings (SSSR count). The number of benzene rings is 3. The van der Waals surface area contributed by atoms with Crippen molar-refractivity contribution in [2.45, 2.75) is 44.8 Å². The molecule has 1 aliphatic heterocycles. The molecule has 0 aromatic heterocycles. The summed E-state index contributed by atoms with van der Waals surface area (Å²) >= 11 is 12.1. The molecular weight excluding hydrogens is 501 g/mol. The van der Waals surface area contributed by atoms with E-state index < -0.39 is 18.0 Å². The van der Waals surface area contributed by atoms with Gasteiger partial charge in [0.1, 0.15) is 11.9 Å². The van der Waals surface area contributed by atoms with Gasteiger partial charge in [0.2, 0.25) is 5.91 Å². The van der Waals surface area contributed by atoms with E-state index in [1.54, 1.807) is 53.4 Å². The molecule has 3 aromatic carbocycles. The molecule has 1 heterocycles. The van der Waals surface area contributed by atoms with E-state index in [9.17, 15) is 14.4 Å². The highest BCUT2D eigenvalue weighted by atomic mass is 35.5. The van der Waals surface area contributed by atoms with E-state index in [-0.39, 0.29) is 17.9 Å². The predicted octanol–water partition coefficient (Wildman–Crippen LogP) is 6.50. The van der Waals surface area contributed by atoms with Crippen molar-refractivity contribution in [1.82, 2.24) is 0 Å². The number of β-lactam (4-membered cyclic amide) rings is 1. The number of halogens is 2. The van der Waals surface area contributed by atoms with E-state index in [1.165, 1.54) is 13.8 Å². The lowest BCUT2D eigenvalue weighted by Crippen LogP contribution is -2.59. The minimum atomic E-state index is -0.477. The fourth-order valence-electron chi connectivity index (χ4n) is 4.53. The minimum Gasteiger partial charge on any atom is -0.458 e. The van der Waals surface area contributed by atoms with Crippen molar-refractivity contribution in [1.29, 1.82) is 0 Å². The maximum Gasteiger partial charge on any atom is 0.308 e. The van der Waals surface area contributed by atoms with E-state index in [2.05, 4.69) is 0 Å². The van der Waals surface area contributed by atoms with Gasteiger partial charge in [0.25, 0.3) is 0 Å². The number of esters is 2. The lowest BCUT2D eigenvalue weighted by Gasteiger charge is -2.48. The van der Waals surface area contributed by atoms with Crippen LogP contribution in [0.1, 0.15) is 49.8 Å². The van der Waals surface area contributed by atoms with Crippen molar-refractivity contribution < 1.29 is 23.9 Å². The number of ether oxygens (including phenoxy) is 2. The fraction of sp³-hybridized carbons (Fsp3) is 0.250. The Labute approximate surface area is 219 Å². The maximum atomic E-state index is 13.4. The molecular formula is C28H25Cl2NO5. The monoisotopic (exact) mass is 525 g/mol. The summed E-state index contributed by atoms with van der Waals surface area (Å²) in [4.78, 5) is 38.2. The standard InChI is InChI=1S/C28H25Cl2NO5/c1-17(32)35-24-13-5-20(6-14-24)27-25(31(28(27)34)23-11-9-22(30)10-12-23)15-16-26(36-18(2)33)19-3-7-21(29)8-4-19/h3-14,25-27H,15-16H2,1-2H3/t25-,26-,27+/m0/s1. The first kappa shape index (κ1) is 25.7. The molecule has 0 radical (unpaired) electrons. The van der Waals surface area contributed by atoms with E-state index in [4.69, 9.17) is 32.7 Å². The molecule has 0 spiro atoms. The third-order valence-electron chi connectivity index (χ3n) is 6.10. The molecule has 3 aromatic rings. The number of hydrogen-bond acceptors (Lipinski definition) is 5. The molecule has 1 saturated heterocycles. The molecule has 6 nitrogen and oxygen atoms in total. The van der Waals surface area contributed by atoms with Crippen LogP contribution in [0, 0.1) is 0 Å². The molecule has 36 heavy (non-hydrogen) atoms. The van der Waals surface area contributed by atoms with Gasteiger partial charge >= 0.3 is 11.9 Å². The number of hydrogen-bond donors (Lipinski definition) is 0. The van der Waals surface area contributed by atoms with Crippen LogP contribution in [0.25, 0.3) is 0 Å². The van der Waals surface area contributed by atoms with Crippen LogP contribution in [0.3, 0.4) is 0 Å². The molecule has 1 amide bonds. The van der Waals surface area contributed by atoms with Crippen LogP contribution in [0.2, 0.25) is 10.0 Å².